The Hall–Kier alpha value is -3.46. The van der Waals surface area contributed by atoms with Gasteiger partial charge in [-0.15, -0.1) is 0 Å². The molecule has 3 amide bonds. The van der Waals surface area contributed by atoms with Crippen molar-refractivity contribution in [1.29, 1.82) is 0 Å². The summed E-state index contributed by atoms with van der Waals surface area (Å²) >= 11 is 6.14. The molecule has 6 rings (SSSR count). The standard InChI is InChI=1S/C33H36ClN3O5/c1-21(2)19-25(20-38)37-28-31(41)36(24-13-11-22(34)12-14-24)18-8-16-33(28)27(30(37)40)26-29(39)35(23-9-5-4-6-10-23)17-7-15-32(26,3)42-33/h4-16,21,25-28,38H,17-20H2,1-3H3/t25-,26-,27+,28?,32+,33+/m1/s1. The first kappa shape index (κ1) is 28.6. The highest BCUT2D eigenvalue weighted by Crippen LogP contribution is 2.58. The number of hydrogen-bond donors (Lipinski definition) is 1. The zero-order chi connectivity index (χ0) is 29.8. The van der Waals surface area contributed by atoms with Crippen molar-refractivity contribution in [3.8, 4) is 0 Å². The average Bonchev–Trinajstić information content (AvgIpc) is 3.24. The lowest BCUT2D eigenvalue weighted by atomic mass is 9.74. The van der Waals surface area contributed by atoms with Crippen LogP contribution in [-0.2, 0) is 19.1 Å². The number of aliphatic hydroxyl groups is 1. The second-order valence-corrected chi connectivity index (χ2v) is 12.7. The Labute approximate surface area is 251 Å². The number of rotatable bonds is 6. The normalized spacial score (nSPS) is 31.2. The van der Waals surface area contributed by atoms with Gasteiger partial charge in [0.2, 0.25) is 11.8 Å². The minimum absolute atomic E-state index is 0.150. The molecule has 0 aliphatic carbocycles. The molecule has 9 heteroatoms. The largest absolute Gasteiger partial charge is 0.394 e. The van der Waals surface area contributed by atoms with E-state index in [0.29, 0.717) is 23.7 Å². The lowest BCUT2D eigenvalue weighted by Gasteiger charge is -2.40. The zero-order valence-corrected chi connectivity index (χ0v) is 24.8. The molecule has 6 atom stereocenters. The molecule has 0 bridgehead atoms. The van der Waals surface area contributed by atoms with Gasteiger partial charge in [0, 0.05) is 29.5 Å². The Bertz CT molecular complexity index is 1440. The van der Waals surface area contributed by atoms with Crippen LogP contribution in [0.25, 0.3) is 0 Å². The van der Waals surface area contributed by atoms with Crippen molar-refractivity contribution in [2.75, 3.05) is 29.5 Å². The highest BCUT2D eigenvalue weighted by molar-refractivity contribution is 6.30. The van der Waals surface area contributed by atoms with Gasteiger partial charge in [-0.25, -0.2) is 0 Å². The lowest BCUT2D eigenvalue weighted by molar-refractivity contribution is -0.148. The van der Waals surface area contributed by atoms with Gasteiger partial charge >= 0.3 is 0 Å². The van der Waals surface area contributed by atoms with E-state index in [1.165, 1.54) is 4.90 Å². The molecule has 2 saturated heterocycles. The first-order valence-electron chi connectivity index (χ1n) is 14.5. The molecule has 2 fully saturated rings. The SMILES string of the molecule is CC(C)C[C@H](CO)N1C(=O)[C@@H]2[C@@H]3C(=O)N(c4ccccc4)CC=C[C@]3(C)O[C@@]23C=CCN(c2ccc(Cl)cc2)C(=O)C13. The quantitative estimate of drug-likeness (QED) is 0.510. The molecule has 1 N–H and O–H groups in total. The highest BCUT2D eigenvalue weighted by atomic mass is 35.5. The Morgan fingerprint density at radius 3 is 2.14 bits per heavy atom. The monoisotopic (exact) mass is 589 g/mol. The van der Waals surface area contributed by atoms with Crippen LogP contribution in [0.1, 0.15) is 27.2 Å². The lowest BCUT2D eigenvalue weighted by Crippen LogP contribution is -2.59. The number of aliphatic hydroxyl groups excluding tert-OH is 1. The molecular formula is C33H36ClN3O5. The number of carbonyl (C=O) groups is 3. The van der Waals surface area contributed by atoms with Crippen molar-refractivity contribution in [3.63, 3.8) is 0 Å². The molecule has 1 spiro atoms. The van der Waals surface area contributed by atoms with Crippen LogP contribution < -0.4 is 9.80 Å². The van der Waals surface area contributed by atoms with Crippen molar-refractivity contribution in [2.24, 2.45) is 17.8 Å². The van der Waals surface area contributed by atoms with Gasteiger partial charge in [0.15, 0.2) is 0 Å². The van der Waals surface area contributed by atoms with E-state index in [1.807, 2.05) is 75.4 Å². The summed E-state index contributed by atoms with van der Waals surface area (Å²) in [6.07, 6.45) is 7.94. The molecule has 42 heavy (non-hydrogen) atoms. The molecule has 2 aromatic carbocycles. The van der Waals surface area contributed by atoms with Crippen molar-refractivity contribution in [1.82, 2.24) is 4.90 Å². The van der Waals surface area contributed by atoms with E-state index in [0.717, 1.165) is 5.69 Å². The van der Waals surface area contributed by atoms with E-state index in [9.17, 15) is 19.5 Å². The Balaban J connectivity index is 1.50. The van der Waals surface area contributed by atoms with E-state index in [4.69, 9.17) is 16.3 Å². The summed E-state index contributed by atoms with van der Waals surface area (Å²) < 4.78 is 6.92. The summed E-state index contributed by atoms with van der Waals surface area (Å²) in [5, 5.41) is 11.1. The van der Waals surface area contributed by atoms with Gasteiger partial charge in [-0.1, -0.05) is 68.0 Å². The fourth-order valence-corrected chi connectivity index (χ4v) is 7.49. The Morgan fingerprint density at radius 1 is 0.881 bits per heavy atom. The summed E-state index contributed by atoms with van der Waals surface area (Å²) in [7, 11) is 0. The van der Waals surface area contributed by atoms with E-state index in [2.05, 4.69) is 0 Å². The van der Waals surface area contributed by atoms with E-state index < -0.39 is 35.1 Å². The van der Waals surface area contributed by atoms with Crippen molar-refractivity contribution >= 4 is 40.7 Å². The van der Waals surface area contributed by atoms with Crippen molar-refractivity contribution < 1.29 is 24.2 Å². The number of benzene rings is 2. The molecule has 2 aromatic rings. The molecule has 1 unspecified atom stereocenters. The van der Waals surface area contributed by atoms with E-state index >= 15 is 0 Å². The Morgan fingerprint density at radius 2 is 1.50 bits per heavy atom. The smallest absolute Gasteiger partial charge is 0.253 e. The maximum atomic E-state index is 14.7. The number of carbonyl (C=O) groups excluding carboxylic acids is 3. The van der Waals surface area contributed by atoms with Crippen molar-refractivity contribution in [3.05, 3.63) is 83.9 Å². The van der Waals surface area contributed by atoms with Gasteiger partial charge < -0.3 is 24.5 Å². The number of anilines is 2. The van der Waals surface area contributed by atoms with Crippen LogP contribution in [0.2, 0.25) is 5.02 Å². The van der Waals surface area contributed by atoms with E-state index in [1.54, 1.807) is 34.1 Å². The number of hydrogen-bond acceptors (Lipinski definition) is 5. The number of likely N-dealkylation sites (tertiary alicyclic amines) is 1. The van der Waals surface area contributed by atoms with Crippen LogP contribution in [-0.4, -0.2) is 70.7 Å². The third-order valence-corrected chi connectivity index (χ3v) is 9.30. The Kier molecular flexibility index (Phi) is 7.28. The van der Waals surface area contributed by atoms with Gasteiger partial charge in [0.25, 0.3) is 5.91 Å². The summed E-state index contributed by atoms with van der Waals surface area (Å²) in [6.45, 7) is 6.14. The molecule has 0 radical (unpaired) electrons. The second-order valence-electron chi connectivity index (χ2n) is 12.2. The fourth-order valence-electron chi connectivity index (χ4n) is 7.37. The van der Waals surface area contributed by atoms with Gasteiger partial charge in [0.1, 0.15) is 11.6 Å². The number of amides is 3. The maximum Gasteiger partial charge on any atom is 0.253 e. The summed E-state index contributed by atoms with van der Waals surface area (Å²) in [4.78, 5) is 48.6. The summed E-state index contributed by atoms with van der Waals surface area (Å²) in [5.41, 5.74) is -1.17. The molecule has 0 saturated carbocycles. The number of ether oxygens (including phenoxy) is 1. The van der Waals surface area contributed by atoms with Gasteiger partial charge in [-0.2, -0.15) is 0 Å². The van der Waals surface area contributed by atoms with Crippen LogP contribution in [0.4, 0.5) is 11.4 Å². The number of fused-ring (bicyclic) bond motifs is 2. The fraction of sp³-hybridized carbons (Fsp3) is 0.424. The minimum Gasteiger partial charge on any atom is -0.394 e. The first-order chi connectivity index (χ1) is 20.1. The highest BCUT2D eigenvalue weighted by Gasteiger charge is 2.75. The van der Waals surface area contributed by atoms with Crippen molar-refractivity contribution in [2.45, 2.75) is 50.5 Å². The molecule has 4 aliphatic heterocycles. The third kappa shape index (κ3) is 4.39. The second kappa shape index (κ2) is 10.7. The van der Waals surface area contributed by atoms with Gasteiger partial charge in [-0.3, -0.25) is 14.4 Å². The van der Waals surface area contributed by atoms with Crippen LogP contribution in [0.15, 0.2) is 78.9 Å². The topological polar surface area (TPSA) is 90.4 Å². The third-order valence-electron chi connectivity index (χ3n) is 9.05. The molecule has 4 aliphatic rings. The molecule has 0 aromatic heterocycles. The average molecular weight is 590 g/mol. The maximum absolute atomic E-state index is 14.7. The molecule has 4 heterocycles. The summed E-state index contributed by atoms with van der Waals surface area (Å²) in [5.74, 6) is -2.58. The number of halogens is 1. The van der Waals surface area contributed by atoms with Gasteiger partial charge in [-0.05, 0) is 55.7 Å². The first-order valence-corrected chi connectivity index (χ1v) is 14.9. The summed E-state index contributed by atoms with van der Waals surface area (Å²) in [6, 6.07) is 14.7. The molecule has 220 valence electrons. The molecule has 8 nitrogen and oxygen atoms in total. The molecular weight excluding hydrogens is 554 g/mol. The van der Waals surface area contributed by atoms with Crippen LogP contribution in [0.5, 0.6) is 0 Å². The van der Waals surface area contributed by atoms with Crippen LogP contribution >= 0.6 is 11.6 Å². The van der Waals surface area contributed by atoms with Crippen LogP contribution in [0.3, 0.4) is 0 Å². The van der Waals surface area contributed by atoms with E-state index in [-0.39, 0.29) is 36.8 Å². The van der Waals surface area contributed by atoms with Crippen LogP contribution in [0, 0.1) is 17.8 Å². The predicted molar refractivity (Wildman–Crippen MR) is 161 cm³/mol. The predicted octanol–water partition coefficient (Wildman–Crippen LogP) is 4.22. The van der Waals surface area contributed by atoms with Gasteiger partial charge in [0.05, 0.1) is 30.1 Å². The minimum atomic E-state index is -1.40. The number of nitrogens with zero attached hydrogens (tertiary/aromatic N) is 3. The zero-order valence-electron chi connectivity index (χ0n) is 24.0. The number of para-hydroxylation sites is 1.